The molecule has 0 aliphatic carbocycles. The summed E-state index contributed by atoms with van der Waals surface area (Å²) >= 11 is 5.73. The van der Waals surface area contributed by atoms with Crippen LogP contribution in [0.5, 0.6) is 5.75 Å². The lowest BCUT2D eigenvalue weighted by Crippen LogP contribution is -2.45. The van der Waals surface area contributed by atoms with Crippen LogP contribution in [0.25, 0.3) is 0 Å². The highest BCUT2D eigenvalue weighted by Gasteiger charge is 2.18. The summed E-state index contributed by atoms with van der Waals surface area (Å²) in [4.78, 5) is 11.7. The first-order valence-electron chi connectivity index (χ1n) is 5.51. The van der Waals surface area contributed by atoms with Crippen molar-refractivity contribution in [2.75, 3.05) is 13.2 Å². The van der Waals surface area contributed by atoms with Crippen molar-refractivity contribution in [3.05, 3.63) is 29.3 Å². The number of carbonyl (C=O) groups excluding carboxylic acids is 1. The normalized spacial score (nSPS) is 12.3. The second-order valence-corrected chi connectivity index (χ2v) is 4.22. The highest BCUT2D eigenvalue weighted by atomic mass is 35.5. The zero-order valence-electron chi connectivity index (χ0n) is 9.97. The molecule has 0 aliphatic heterocycles. The molecular weight excluding hydrogens is 258 g/mol. The molecule has 0 aliphatic rings. The van der Waals surface area contributed by atoms with Crippen molar-refractivity contribution < 1.29 is 19.7 Å². The second kappa shape index (κ2) is 7.20. The number of hydrogen-bond acceptors (Lipinski definition) is 4. The summed E-state index contributed by atoms with van der Waals surface area (Å²) in [6.07, 6.45) is -0.730. The molecule has 1 atom stereocenters. The first kappa shape index (κ1) is 14.8. The van der Waals surface area contributed by atoms with Crippen molar-refractivity contribution in [3.8, 4) is 5.75 Å². The Labute approximate surface area is 110 Å². The van der Waals surface area contributed by atoms with Crippen molar-refractivity contribution in [2.24, 2.45) is 0 Å². The molecule has 18 heavy (non-hydrogen) atoms. The Kier molecular flexibility index (Phi) is 5.91. The van der Waals surface area contributed by atoms with Gasteiger partial charge in [-0.05, 0) is 31.2 Å². The number of benzene rings is 1. The van der Waals surface area contributed by atoms with E-state index in [1.165, 1.54) is 0 Å². The second-order valence-electron chi connectivity index (χ2n) is 3.78. The third-order valence-electron chi connectivity index (χ3n) is 2.28. The van der Waals surface area contributed by atoms with E-state index in [9.17, 15) is 4.79 Å². The first-order chi connectivity index (χ1) is 8.56. The molecule has 3 N–H and O–H groups in total. The maximum absolute atomic E-state index is 11.7. The van der Waals surface area contributed by atoms with Gasteiger partial charge in [0.05, 0.1) is 19.3 Å². The first-order valence-corrected chi connectivity index (χ1v) is 5.89. The van der Waals surface area contributed by atoms with E-state index < -0.39 is 18.1 Å². The summed E-state index contributed by atoms with van der Waals surface area (Å²) in [5.41, 5.74) is 0. The van der Waals surface area contributed by atoms with Gasteiger partial charge >= 0.3 is 0 Å². The quantitative estimate of drug-likeness (QED) is 0.708. The van der Waals surface area contributed by atoms with Crippen LogP contribution in [0.2, 0.25) is 5.02 Å². The Morgan fingerprint density at radius 3 is 2.39 bits per heavy atom. The van der Waals surface area contributed by atoms with Gasteiger partial charge in [0.25, 0.3) is 5.91 Å². The highest BCUT2D eigenvalue weighted by Crippen LogP contribution is 2.16. The standard InChI is InChI=1S/C12H16ClNO4/c1-8(12(17)14-10(6-15)7-16)18-11-4-2-9(13)3-5-11/h2-5,8,10,15-16H,6-7H2,1H3,(H,14,17). The zero-order valence-corrected chi connectivity index (χ0v) is 10.7. The van der Waals surface area contributed by atoms with Gasteiger partial charge in [-0.3, -0.25) is 4.79 Å². The van der Waals surface area contributed by atoms with Crippen LogP contribution >= 0.6 is 11.6 Å². The fraction of sp³-hybridized carbons (Fsp3) is 0.417. The van der Waals surface area contributed by atoms with E-state index in [2.05, 4.69) is 5.32 Å². The van der Waals surface area contributed by atoms with Gasteiger partial charge in [0.2, 0.25) is 0 Å². The molecule has 6 heteroatoms. The smallest absolute Gasteiger partial charge is 0.261 e. The Morgan fingerprint density at radius 2 is 1.89 bits per heavy atom. The van der Waals surface area contributed by atoms with Crippen molar-refractivity contribution >= 4 is 17.5 Å². The van der Waals surface area contributed by atoms with Crippen molar-refractivity contribution in [3.63, 3.8) is 0 Å². The molecule has 0 saturated carbocycles. The van der Waals surface area contributed by atoms with Gasteiger partial charge < -0.3 is 20.3 Å². The predicted molar refractivity (Wildman–Crippen MR) is 67.6 cm³/mol. The van der Waals surface area contributed by atoms with Gasteiger partial charge in [-0.2, -0.15) is 0 Å². The molecule has 1 aromatic carbocycles. The van der Waals surface area contributed by atoms with Gasteiger partial charge in [-0.15, -0.1) is 0 Å². The Bertz CT molecular complexity index is 378. The fourth-order valence-electron chi connectivity index (χ4n) is 1.24. The van der Waals surface area contributed by atoms with Crippen LogP contribution in [-0.2, 0) is 4.79 Å². The van der Waals surface area contributed by atoms with E-state index in [1.807, 2.05) is 0 Å². The summed E-state index contributed by atoms with van der Waals surface area (Å²) in [6.45, 7) is 0.932. The molecule has 1 amide bonds. The van der Waals surface area contributed by atoms with Gasteiger partial charge in [0.1, 0.15) is 5.75 Å². The fourth-order valence-corrected chi connectivity index (χ4v) is 1.36. The van der Waals surface area contributed by atoms with Gasteiger partial charge in [0, 0.05) is 5.02 Å². The number of amides is 1. The molecule has 5 nitrogen and oxygen atoms in total. The average Bonchev–Trinajstić information content (AvgIpc) is 2.38. The van der Waals surface area contributed by atoms with Crippen molar-refractivity contribution in [2.45, 2.75) is 19.1 Å². The number of aliphatic hydroxyl groups excluding tert-OH is 2. The maximum atomic E-state index is 11.7. The SMILES string of the molecule is CC(Oc1ccc(Cl)cc1)C(=O)NC(CO)CO. The topological polar surface area (TPSA) is 78.8 Å². The zero-order chi connectivity index (χ0) is 13.5. The van der Waals surface area contributed by atoms with Crippen LogP contribution < -0.4 is 10.1 Å². The molecule has 0 radical (unpaired) electrons. The number of aliphatic hydroxyl groups is 2. The molecular formula is C12H16ClNO4. The van der Waals surface area contributed by atoms with E-state index in [-0.39, 0.29) is 13.2 Å². The minimum atomic E-state index is -0.730. The lowest BCUT2D eigenvalue weighted by molar-refractivity contribution is -0.128. The minimum absolute atomic E-state index is 0.324. The van der Waals surface area contributed by atoms with E-state index in [0.29, 0.717) is 10.8 Å². The lowest BCUT2D eigenvalue weighted by Gasteiger charge is -2.18. The number of hydrogen-bond donors (Lipinski definition) is 3. The maximum Gasteiger partial charge on any atom is 0.261 e. The van der Waals surface area contributed by atoms with Gasteiger partial charge in [-0.25, -0.2) is 0 Å². The van der Waals surface area contributed by atoms with Gasteiger partial charge in [-0.1, -0.05) is 11.6 Å². The summed E-state index contributed by atoms with van der Waals surface area (Å²) in [5, 5.41) is 20.7. The largest absolute Gasteiger partial charge is 0.481 e. The summed E-state index contributed by atoms with van der Waals surface area (Å²) in [7, 11) is 0. The Morgan fingerprint density at radius 1 is 1.33 bits per heavy atom. The molecule has 0 aromatic heterocycles. The van der Waals surface area contributed by atoms with E-state index in [4.69, 9.17) is 26.6 Å². The third-order valence-corrected chi connectivity index (χ3v) is 2.53. The molecule has 0 bridgehead atoms. The number of carbonyl (C=O) groups is 1. The van der Waals surface area contributed by atoms with E-state index >= 15 is 0 Å². The minimum Gasteiger partial charge on any atom is -0.481 e. The van der Waals surface area contributed by atoms with Crippen LogP contribution in [-0.4, -0.2) is 41.5 Å². The van der Waals surface area contributed by atoms with E-state index in [0.717, 1.165) is 0 Å². The molecule has 0 fully saturated rings. The molecule has 0 spiro atoms. The summed E-state index contributed by atoms with van der Waals surface area (Å²) < 4.78 is 5.39. The van der Waals surface area contributed by atoms with Crippen LogP contribution in [0.3, 0.4) is 0 Å². The summed E-state index contributed by atoms with van der Waals surface area (Å²) in [5.74, 6) is 0.115. The van der Waals surface area contributed by atoms with Crippen LogP contribution in [0.15, 0.2) is 24.3 Å². The molecule has 1 rings (SSSR count). The molecule has 1 aromatic rings. The third kappa shape index (κ3) is 4.52. The molecule has 0 heterocycles. The Hall–Kier alpha value is -1.30. The van der Waals surface area contributed by atoms with Crippen molar-refractivity contribution in [1.29, 1.82) is 0 Å². The Balaban J connectivity index is 2.51. The lowest BCUT2D eigenvalue weighted by atomic mass is 10.3. The number of rotatable bonds is 6. The highest BCUT2D eigenvalue weighted by molar-refractivity contribution is 6.30. The van der Waals surface area contributed by atoms with Crippen LogP contribution in [0.1, 0.15) is 6.92 Å². The van der Waals surface area contributed by atoms with Crippen LogP contribution in [0, 0.1) is 0 Å². The molecule has 1 unspecified atom stereocenters. The van der Waals surface area contributed by atoms with Crippen molar-refractivity contribution in [1.82, 2.24) is 5.32 Å². The number of halogens is 1. The summed E-state index contributed by atoms with van der Waals surface area (Å²) in [6, 6.07) is 5.95. The van der Waals surface area contributed by atoms with Crippen LogP contribution in [0.4, 0.5) is 0 Å². The average molecular weight is 274 g/mol. The molecule has 100 valence electrons. The molecule has 0 saturated heterocycles. The number of nitrogens with one attached hydrogen (secondary N) is 1. The van der Waals surface area contributed by atoms with E-state index in [1.54, 1.807) is 31.2 Å². The van der Waals surface area contributed by atoms with Gasteiger partial charge in [0.15, 0.2) is 6.10 Å². The monoisotopic (exact) mass is 273 g/mol. The predicted octanol–water partition coefficient (Wildman–Crippen LogP) is 0.577. The number of ether oxygens (including phenoxy) is 1.